The van der Waals surface area contributed by atoms with Gasteiger partial charge in [0, 0.05) is 17.1 Å². The van der Waals surface area contributed by atoms with E-state index in [1.54, 1.807) is 0 Å². The fraction of sp³-hybridized carbons (Fsp3) is 0.300. The molecule has 0 spiro atoms. The minimum absolute atomic E-state index is 0.101. The summed E-state index contributed by atoms with van der Waals surface area (Å²) in [4.78, 5) is 12.4. The van der Waals surface area contributed by atoms with E-state index in [1.165, 1.54) is 11.8 Å². The lowest BCUT2D eigenvalue weighted by atomic mass is 10.2. The van der Waals surface area contributed by atoms with Crippen LogP contribution in [0.2, 0.25) is 0 Å². The molecule has 2 rings (SSSR count). The van der Waals surface area contributed by atoms with E-state index < -0.39 is 0 Å². The molecule has 74 valence electrons. The van der Waals surface area contributed by atoms with E-state index in [2.05, 4.69) is 5.32 Å². The lowest BCUT2D eigenvalue weighted by molar-refractivity contribution is -0.111. The van der Waals surface area contributed by atoms with Gasteiger partial charge in [-0.3, -0.25) is 4.79 Å². The normalized spacial score (nSPS) is 20.1. The van der Waals surface area contributed by atoms with Crippen molar-refractivity contribution in [1.29, 1.82) is 0 Å². The Morgan fingerprint density at radius 2 is 2.36 bits per heavy atom. The second kappa shape index (κ2) is 3.63. The SMILES string of the molecule is CC1Nc2ccc(CN)cc2SC1=O. The van der Waals surface area contributed by atoms with Gasteiger partial charge in [-0.25, -0.2) is 0 Å². The first kappa shape index (κ1) is 9.55. The molecule has 0 aromatic heterocycles. The molecule has 0 aliphatic carbocycles. The Labute approximate surface area is 87.1 Å². The van der Waals surface area contributed by atoms with Crippen LogP contribution in [-0.2, 0) is 11.3 Å². The molecule has 1 aliphatic rings. The second-order valence-electron chi connectivity index (χ2n) is 3.32. The number of nitrogens with two attached hydrogens (primary N) is 1. The van der Waals surface area contributed by atoms with Crippen LogP contribution in [0.4, 0.5) is 5.69 Å². The van der Waals surface area contributed by atoms with Gasteiger partial charge in [-0.15, -0.1) is 0 Å². The predicted octanol–water partition coefficient (Wildman–Crippen LogP) is 1.58. The molecule has 0 saturated carbocycles. The number of rotatable bonds is 1. The highest BCUT2D eigenvalue weighted by molar-refractivity contribution is 8.14. The number of fused-ring (bicyclic) bond motifs is 1. The Morgan fingerprint density at radius 1 is 1.57 bits per heavy atom. The van der Waals surface area contributed by atoms with Crippen molar-refractivity contribution in [2.45, 2.75) is 24.4 Å². The fourth-order valence-electron chi connectivity index (χ4n) is 1.39. The molecule has 4 heteroatoms. The van der Waals surface area contributed by atoms with E-state index in [0.29, 0.717) is 6.54 Å². The minimum Gasteiger partial charge on any atom is -0.374 e. The van der Waals surface area contributed by atoms with Crippen LogP contribution in [0, 0.1) is 0 Å². The van der Waals surface area contributed by atoms with E-state index in [-0.39, 0.29) is 11.2 Å². The maximum Gasteiger partial charge on any atom is 0.215 e. The summed E-state index contributed by atoms with van der Waals surface area (Å²) < 4.78 is 0. The van der Waals surface area contributed by atoms with Gasteiger partial charge in [0.1, 0.15) is 0 Å². The summed E-state index contributed by atoms with van der Waals surface area (Å²) in [5.74, 6) is 0. The lowest BCUT2D eigenvalue weighted by Crippen LogP contribution is -2.27. The Morgan fingerprint density at radius 3 is 3.07 bits per heavy atom. The maximum absolute atomic E-state index is 11.4. The number of carbonyl (C=O) groups is 1. The zero-order chi connectivity index (χ0) is 10.1. The number of hydrogen-bond donors (Lipinski definition) is 2. The van der Waals surface area contributed by atoms with Gasteiger partial charge in [-0.2, -0.15) is 0 Å². The van der Waals surface area contributed by atoms with E-state index in [1.807, 2.05) is 25.1 Å². The first-order valence-electron chi connectivity index (χ1n) is 4.52. The number of nitrogens with one attached hydrogen (secondary N) is 1. The van der Waals surface area contributed by atoms with Gasteiger partial charge >= 0.3 is 0 Å². The zero-order valence-electron chi connectivity index (χ0n) is 7.91. The highest BCUT2D eigenvalue weighted by Gasteiger charge is 2.22. The minimum atomic E-state index is -0.101. The molecule has 0 saturated heterocycles. The van der Waals surface area contributed by atoms with Crippen LogP contribution < -0.4 is 11.1 Å². The number of thioether (sulfide) groups is 1. The third-order valence-electron chi connectivity index (χ3n) is 2.22. The van der Waals surface area contributed by atoms with Crippen LogP contribution >= 0.6 is 11.8 Å². The summed E-state index contributed by atoms with van der Waals surface area (Å²) in [6, 6.07) is 5.83. The largest absolute Gasteiger partial charge is 0.374 e. The van der Waals surface area contributed by atoms with Crippen LogP contribution in [0.1, 0.15) is 12.5 Å². The molecule has 1 aliphatic heterocycles. The highest BCUT2D eigenvalue weighted by Crippen LogP contribution is 2.34. The van der Waals surface area contributed by atoms with Gasteiger partial charge in [0.05, 0.1) is 6.04 Å². The summed E-state index contributed by atoms with van der Waals surface area (Å²) in [5, 5.41) is 3.31. The quantitative estimate of drug-likeness (QED) is 0.735. The molecule has 0 amide bonds. The van der Waals surface area contributed by atoms with Crippen LogP contribution in [0.5, 0.6) is 0 Å². The lowest BCUT2D eigenvalue weighted by Gasteiger charge is -2.22. The monoisotopic (exact) mass is 208 g/mol. The van der Waals surface area contributed by atoms with Crippen molar-refractivity contribution in [2.75, 3.05) is 5.32 Å². The van der Waals surface area contributed by atoms with Crippen molar-refractivity contribution >= 4 is 22.6 Å². The van der Waals surface area contributed by atoms with Crippen LogP contribution in [-0.4, -0.2) is 11.2 Å². The van der Waals surface area contributed by atoms with Gasteiger partial charge in [0.2, 0.25) is 5.12 Å². The van der Waals surface area contributed by atoms with Crippen LogP contribution in [0.15, 0.2) is 23.1 Å². The molecular formula is C10H12N2OS. The van der Waals surface area contributed by atoms with E-state index in [0.717, 1.165) is 16.1 Å². The summed E-state index contributed by atoms with van der Waals surface area (Å²) in [6.45, 7) is 2.38. The third-order valence-corrected chi connectivity index (χ3v) is 3.33. The number of anilines is 1. The Hall–Kier alpha value is -1.00. The van der Waals surface area contributed by atoms with E-state index in [4.69, 9.17) is 5.73 Å². The standard InChI is InChI=1S/C10H12N2OS/c1-6-10(13)14-9-4-7(5-11)2-3-8(9)12-6/h2-4,6,12H,5,11H2,1H3. The molecule has 3 N–H and O–H groups in total. The van der Waals surface area contributed by atoms with Crippen molar-refractivity contribution < 1.29 is 4.79 Å². The Balaban J connectivity index is 2.37. The molecule has 3 nitrogen and oxygen atoms in total. The van der Waals surface area contributed by atoms with E-state index in [9.17, 15) is 4.79 Å². The summed E-state index contributed by atoms with van der Waals surface area (Å²) in [5.41, 5.74) is 7.61. The van der Waals surface area contributed by atoms with Crippen LogP contribution in [0.25, 0.3) is 0 Å². The number of carbonyl (C=O) groups excluding carboxylic acids is 1. The van der Waals surface area contributed by atoms with Gasteiger partial charge < -0.3 is 11.1 Å². The van der Waals surface area contributed by atoms with Crippen molar-refractivity contribution in [3.63, 3.8) is 0 Å². The van der Waals surface area contributed by atoms with Crippen molar-refractivity contribution in [2.24, 2.45) is 5.73 Å². The molecule has 1 unspecified atom stereocenters. The van der Waals surface area contributed by atoms with Crippen molar-refractivity contribution in [3.05, 3.63) is 23.8 Å². The van der Waals surface area contributed by atoms with Crippen LogP contribution in [0.3, 0.4) is 0 Å². The second-order valence-corrected chi connectivity index (χ2v) is 4.37. The van der Waals surface area contributed by atoms with Crippen molar-refractivity contribution in [3.8, 4) is 0 Å². The smallest absolute Gasteiger partial charge is 0.215 e. The first-order chi connectivity index (χ1) is 6.70. The Bertz CT molecular complexity index is 378. The molecule has 1 atom stereocenters. The Kier molecular flexibility index (Phi) is 2.48. The molecule has 14 heavy (non-hydrogen) atoms. The average molecular weight is 208 g/mol. The predicted molar refractivity (Wildman–Crippen MR) is 58.3 cm³/mol. The summed E-state index contributed by atoms with van der Waals surface area (Å²) >= 11 is 1.29. The highest BCUT2D eigenvalue weighted by atomic mass is 32.2. The van der Waals surface area contributed by atoms with Gasteiger partial charge in [-0.1, -0.05) is 6.07 Å². The van der Waals surface area contributed by atoms with E-state index >= 15 is 0 Å². The topological polar surface area (TPSA) is 55.1 Å². The molecule has 1 aromatic rings. The van der Waals surface area contributed by atoms with Gasteiger partial charge in [0.25, 0.3) is 0 Å². The molecule has 1 aromatic carbocycles. The summed E-state index contributed by atoms with van der Waals surface area (Å²) in [6.07, 6.45) is 0. The average Bonchev–Trinajstić information content (AvgIpc) is 2.19. The molecule has 0 radical (unpaired) electrons. The third kappa shape index (κ3) is 1.63. The summed E-state index contributed by atoms with van der Waals surface area (Å²) in [7, 11) is 0. The fourth-order valence-corrected chi connectivity index (χ4v) is 2.29. The molecule has 1 heterocycles. The van der Waals surface area contributed by atoms with Gasteiger partial charge in [-0.05, 0) is 36.4 Å². The maximum atomic E-state index is 11.4. The molecule has 0 bridgehead atoms. The van der Waals surface area contributed by atoms with Gasteiger partial charge in [0.15, 0.2) is 0 Å². The number of benzene rings is 1. The zero-order valence-corrected chi connectivity index (χ0v) is 8.73. The molecule has 0 fully saturated rings. The molecular weight excluding hydrogens is 196 g/mol. The number of hydrogen-bond acceptors (Lipinski definition) is 4. The first-order valence-corrected chi connectivity index (χ1v) is 5.33. The van der Waals surface area contributed by atoms with Crippen molar-refractivity contribution in [1.82, 2.24) is 0 Å².